The Morgan fingerprint density at radius 3 is 1.79 bits per heavy atom. The van der Waals surface area contributed by atoms with Gasteiger partial charge in [0.2, 0.25) is 0 Å². The van der Waals surface area contributed by atoms with E-state index in [1.165, 1.54) is 33.4 Å². The molecule has 0 saturated heterocycles. The Labute approximate surface area is 273 Å². The molecule has 6 rings (SSSR count). The number of allylic oxidation sites excluding steroid dienone is 4. The van der Waals surface area contributed by atoms with Crippen LogP contribution in [0.2, 0.25) is 0 Å². The molecular formula is C39H40Cl2Zr. The van der Waals surface area contributed by atoms with Crippen LogP contribution < -0.4 is 28.1 Å². The summed E-state index contributed by atoms with van der Waals surface area (Å²) in [5.74, 6) is 0. The minimum Gasteiger partial charge on any atom is -1.00 e. The second-order valence-electron chi connectivity index (χ2n) is 13.4. The molecule has 0 aromatic heterocycles. The van der Waals surface area contributed by atoms with Crippen molar-refractivity contribution >= 4 is 6.48 Å². The number of halogens is 2. The quantitative estimate of drug-likeness (QED) is 0.276. The summed E-state index contributed by atoms with van der Waals surface area (Å²) >= 11 is -2.66. The maximum Gasteiger partial charge on any atom is -1.00 e. The van der Waals surface area contributed by atoms with Gasteiger partial charge in [-0.1, -0.05) is 0 Å². The van der Waals surface area contributed by atoms with Crippen molar-refractivity contribution in [1.82, 2.24) is 0 Å². The van der Waals surface area contributed by atoms with Gasteiger partial charge in [-0.3, -0.25) is 0 Å². The van der Waals surface area contributed by atoms with Crippen LogP contribution in [0.25, 0.3) is 11.1 Å². The van der Waals surface area contributed by atoms with Gasteiger partial charge in [-0.25, -0.2) is 0 Å². The fraction of sp³-hybridized carbons (Fsp3) is 0.256. The molecule has 4 aromatic rings. The summed E-state index contributed by atoms with van der Waals surface area (Å²) in [6.07, 6.45) is 9.24. The van der Waals surface area contributed by atoms with Crippen molar-refractivity contribution in [2.75, 3.05) is 0 Å². The van der Waals surface area contributed by atoms with E-state index in [9.17, 15) is 0 Å². The van der Waals surface area contributed by atoms with Crippen LogP contribution in [0, 0.1) is 0 Å². The SMILES string of the molecule is CC(C)(C)c1cc2c([c]([Zr+2]([C]3=CC=CC3)=[C](c3ccccc3)c3ccccc3)c1)Cc1c-2cccc1C(C)(C)C.[Cl-].[Cl-]. The molecule has 0 fully saturated rings. The third kappa shape index (κ3) is 6.17. The Bertz CT molecular complexity index is 1640. The molecule has 3 heteroatoms. The second kappa shape index (κ2) is 12.7. The zero-order valence-corrected chi connectivity index (χ0v) is 29.5. The van der Waals surface area contributed by atoms with Crippen LogP contribution in [0.5, 0.6) is 0 Å². The van der Waals surface area contributed by atoms with E-state index in [2.05, 4.69) is 151 Å². The maximum atomic E-state index is 2.64. The summed E-state index contributed by atoms with van der Waals surface area (Å²) < 4.78 is 4.93. The van der Waals surface area contributed by atoms with Gasteiger partial charge in [-0.2, -0.15) is 0 Å². The van der Waals surface area contributed by atoms with E-state index in [-0.39, 0.29) is 35.6 Å². The number of benzene rings is 4. The van der Waals surface area contributed by atoms with Crippen molar-refractivity contribution in [3.63, 3.8) is 0 Å². The van der Waals surface area contributed by atoms with E-state index in [1.54, 1.807) is 20.9 Å². The van der Waals surface area contributed by atoms with Crippen LogP contribution >= 0.6 is 0 Å². The molecule has 0 bridgehead atoms. The molecule has 0 amide bonds. The van der Waals surface area contributed by atoms with Crippen molar-refractivity contribution in [3.05, 3.63) is 146 Å². The van der Waals surface area contributed by atoms with Crippen LogP contribution in [0.15, 0.2) is 113 Å². The molecule has 0 N–H and O–H groups in total. The van der Waals surface area contributed by atoms with E-state index in [4.69, 9.17) is 0 Å². The minimum absolute atomic E-state index is 0. The molecule has 0 radical (unpaired) electrons. The van der Waals surface area contributed by atoms with Crippen LogP contribution in [0.1, 0.15) is 81.3 Å². The fourth-order valence-corrected chi connectivity index (χ4v) is 14.4. The standard InChI is InChI=1S/C21H25.C13H10.C5H5.2ClH.Zr/c1-20(2,3)15-11-10-14-12-18-16(17(14)13-15)8-7-9-19(18)21(4,5)6;1-3-7-12(8-4-1)11-13-9-5-2-6-10-13;1-2-4-5-3-1;;;/h7-9,11,13H,12H2,1-6H3;1-10H;1-3H,4H2;2*1H;/q;;;;;+2/p-2. The summed E-state index contributed by atoms with van der Waals surface area (Å²) in [7, 11) is 0. The summed E-state index contributed by atoms with van der Waals surface area (Å²) in [6, 6.07) is 34.7. The molecule has 0 heterocycles. The molecule has 0 aliphatic heterocycles. The monoisotopic (exact) mass is 668 g/mol. The van der Waals surface area contributed by atoms with Gasteiger partial charge in [0.25, 0.3) is 0 Å². The molecule has 214 valence electrons. The van der Waals surface area contributed by atoms with Gasteiger partial charge in [0, 0.05) is 0 Å². The first kappa shape index (κ1) is 32.6. The smallest absolute Gasteiger partial charge is 1.00 e. The molecule has 4 aromatic carbocycles. The van der Waals surface area contributed by atoms with E-state index >= 15 is 0 Å². The van der Waals surface area contributed by atoms with Gasteiger partial charge in [-0.05, 0) is 0 Å². The van der Waals surface area contributed by atoms with Crippen molar-refractivity contribution in [2.24, 2.45) is 0 Å². The Kier molecular flexibility index (Phi) is 9.89. The molecule has 0 nitrogen and oxygen atoms in total. The summed E-state index contributed by atoms with van der Waals surface area (Å²) in [4.78, 5) is 0. The Morgan fingerprint density at radius 1 is 0.643 bits per heavy atom. The molecule has 0 unspecified atom stereocenters. The molecule has 2 aliphatic rings. The third-order valence-corrected chi connectivity index (χ3v) is 16.0. The van der Waals surface area contributed by atoms with E-state index in [0.717, 1.165) is 12.8 Å². The second-order valence-corrected chi connectivity index (χ2v) is 19.3. The van der Waals surface area contributed by atoms with Gasteiger partial charge in [0.1, 0.15) is 0 Å². The molecular weight excluding hydrogens is 631 g/mol. The first-order chi connectivity index (χ1) is 19.1. The number of hydrogen-bond donors (Lipinski definition) is 0. The summed E-state index contributed by atoms with van der Waals surface area (Å²) in [6.45, 7) is 14.2. The normalized spacial score (nSPS) is 13.2. The van der Waals surface area contributed by atoms with Crippen molar-refractivity contribution in [3.8, 4) is 11.1 Å². The van der Waals surface area contributed by atoms with Crippen LogP contribution in [-0.4, -0.2) is 3.21 Å². The zero-order valence-electron chi connectivity index (χ0n) is 25.6. The van der Waals surface area contributed by atoms with Crippen molar-refractivity contribution < 1.29 is 46.1 Å². The predicted molar refractivity (Wildman–Crippen MR) is 170 cm³/mol. The van der Waals surface area contributed by atoms with E-state index < -0.39 is 21.3 Å². The molecule has 0 atom stereocenters. The molecule has 2 aliphatic carbocycles. The van der Waals surface area contributed by atoms with Crippen LogP contribution in [0.3, 0.4) is 0 Å². The van der Waals surface area contributed by atoms with Gasteiger partial charge in [-0.15, -0.1) is 0 Å². The third-order valence-electron chi connectivity index (χ3n) is 8.48. The Morgan fingerprint density at radius 2 is 1.26 bits per heavy atom. The van der Waals surface area contributed by atoms with Gasteiger partial charge >= 0.3 is 250 Å². The first-order valence-electron chi connectivity index (χ1n) is 14.6. The topological polar surface area (TPSA) is 0 Å². The van der Waals surface area contributed by atoms with Crippen LogP contribution in [0.4, 0.5) is 0 Å². The Hall–Kier alpha value is -2.31. The van der Waals surface area contributed by atoms with Gasteiger partial charge < -0.3 is 24.8 Å². The van der Waals surface area contributed by atoms with Gasteiger partial charge in [0.05, 0.1) is 0 Å². The summed E-state index contributed by atoms with van der Waals surface area (Å²) in [5.41, 5.74) is 12.0. The minimum atomic E-state index is -2.66. The molecule has 0 spiro atoms. The molecule has 42 heavy (non-hydrogen) atoms. The van der Waals surface area contributed by atoms with Crippen molar-refractivity contribution in [2.45, 2.75) is 65.2 Å². The average molecular weight is 671 g/mol. The zero-order chi connectivity index (χ0) is 28.1. The molecule has 0 saturated carbocycles. The van der Waals surface area contributed by atoms with Gasteiger partial charge in [0.15, 0.2) is 0 Å². The number of rotatable bonds is 4. The summed E-state index contributed by atoms with van der Waals surface area (Å²) in [5, 5.41) is 0. The van der Waals surface area contributed by atoms with Crippen LogP contribution in [-0.2, 0) is 38.5 Å². The predicted octanol–water partition coefficient (Wildman–Crippen LogP) is 3.22. The van der Waals surface area contributed by atoms with Crippen molar-refractivity contribution in [1.29, 1.82) is 0 Å². The van der Waals surface area contributed by atoms with E-state index in [1.807, 2.05) is 0 Å². The Balaban J connectivity index is 0.00000202. The maximum absolute atomic E-state index is 2.66. The number of fused-ring (bicyclic) bond motifs is 3. The van der Waals surface area contributed by atoms with E-state index in [0.29, 0.717) is 0 Å². The largest absolute Gasteiger partial charge is 1.00 e. The fourth-order valence-electron chi connectivity index (χ4n) is 6.43. The first-order valence-corrected chi connectivity index (χ1v) is 18.3. The average Bonchev–Trinajstić information content (AvgIpc) is 3.59. The number of hydrogen-bond acceptors (Lipinski definition) is 0.